The van der Waals surface area contributed by atoms with Crippen molar-refractivity contribution in [3.63, 3.8) is 0 Å². The van der Waals surface area contributed by atoms with E-state index in [9.17, 15) is 5.11 Å². The molecule has 0 aliphatic carbocycles. The Morgan fingerprint density at radius 2 is 2.27 bits per heavy atom. The van der Waals surface area contributed by atoms with Gasteiger partial charge in [-0.3, -0.25) is 5.10 Å². The summed E-state index contributed by atoms with van der Waals surface area (Å²) in [7, 11) is 0. The summed E-state index contributed by atoms with van der Waals surface area (Å²) in [6, 6.07) is 5.46. The molecule has 1 aromatic carbocycles. The molecule has 0 radical (unpaired) electrons. The van der Waals surface area contributed by atoms with Crippen molar-refractivity contribution >= 4 is 21.6 Å². The second-order valence-corrected chi connectivity index (χ2v) is 4.03. The summed E-state index contributed by atoms with van der Waals surface area (Å²) >= 11 is 3.32. The van der Waals surface area contributed by atoms with Crippen LogP contribution in [0.3, 0.4) is 0 Å². The number of rotatable bonds is 2. The molecule has 4 nitrogen and oxygen atoms in total. The molecule has 0 aliphatic heterocycles. The van der Waals surface area contributed by atoms with Gasteiger partial charge in [0.15, 0.2) is 0 Å². The van der Waals surface area contributed by atoms with Gasteiger partial charge >= 0.3 is 0 Å². The molecule has 0 saturated carbocycles. The lowest BCUT2D eigenvalue weighted by Gasteiger charge is -2.12. The van der Waals surface area contributed by atoms with Crippen molar-refractivity contribution in [3.05, 3.63) is 46.2 Å². The zero-order valence-electron chi connectivity index (χ0n) is 7.81. The molecular formula is C10H10BrN3O. The molecule has 2 aromatic rings. The van der Waals surface area contributed by atoms with Crippen LogP contribution in [0.25, 0.3) is 0 Å². The Morgan fingerprint density at radius 1 is 1.47 bits per heavy atom. The third kappa shape index (κ3) is 1.88. The van der Waals surface area contributed by atoms with E-state index in [1.54, 1.807) is 18.5 Å². The molecular weight excluding hydrogens is 258 g/mol. The van der Waals surface area contributed by atoms with Crippen LogP contribution < -0.4 is 5.73 Å². The molecule has 1 unspecified atom stereocenters. The van der Waals surface area contributed by atoms with Crippen molar-refractivity contribution < 1.29 is 5.11 Å². The van der Waals surface area contributed by atoms with Crippen molar-refractivity contribution in [2.75, 3.05) is 5.73 Å². The lowest BCUT2D eigenvalue weighted by molar-refractivity contribution is 0.221. The van der Waals surface area contributed by atoms with Crippen molar-refractivity contribution in [2.45, 2.75) is 6.10 Å². The Bertz CT molecular complexity index is 456. The molecule has 0 amide bonds. The number of aliphatic hydroxyl groups excluding tert-OH is 1. The Labute approximate surface area is 95.3 Å². The SMILES string of the molecule is Nc1c(Br)cccc1C(O)c1cn[nH]c1. The first kappa shape index (κ1) is 10.2. The van der Waals surface area contributed by atoms with Gasteiger partial charge in [0.25, 0.3) is 0 Å². The molecule has 0 bridgehead atoms. The maximum Gasteiger partial charge on any atom is 0.109 e. The van der Waals surface area contributed by atoms with Gasteiger partial charge in [-0.2, -0.15) is 5.10 Å². The summed E-state index contributed by atoms with van der Waals surface area (Å²) in [5, 5.41) is 16.5. The summed E-state index contributed by atoms with van der Waals surface area (Å²) in [4.78, 5) is 0. The number of nitrogens with zero attached hydrogens (tertiary/aromatic N) is 1. The van der Waals surface area contributed by atoms with Crippen LogP contribution >= 0.6 is 15.9 Å². The second kappa shape index (κ2) is 4.04. The normalized spacial score (nSPS) is 12.7. The third-order valence-electron chi connectivity index (χ3n) is 2.22. The van der Waals surface area contributed by atoms with E-state index in [4.69, 9.17) is 5.73 Å². The molecule has 5 heteroatoms. The minimum absolute atomic E-state index is 0.547. The standard InChI is InChI=1S/C10H10BrN3O/c11-8-3-1-2-7(9(8)12)10(15)6-4-13-14-5-6/h1-5,10,15H,12H2,(H,13,14). The molecule has 1 heterocycles. The van der Waals surface area contributed by atoms with Gasteiger partial charge in [-0.05, 0) is 22.0 Å². The molecule has 0 spiro atoms. The highest BCUT2D eigenvalue weighted by Gasteiger charge is 2.15. The van der Waals surface area contributed by atoms with Gasteiger partial charge in [0.1, 0.15) is 6.10 Å². The van der Waals surface area contributed by atoms with E-state index in [0.29, 0.717) is 16.8 Å². The van der Waals surface area contributed by atoms with Gasteiger partial charge in [-0.15, -0.1) is 0 Å². The van der Waals surface area contributed by atoms with Crippen LogP contribution in [0.2, 0.25) is 0 Å². The number of aliphatic hydroxyl groups is 1. The summed E-state index contributed by atoms with van der Waals surface area (Å²) in [5.74, 6) is 0. The fraction of sp³-hybridized carbons (Fsp3) is 0.100. The third-order valence-corrected chi connectivity index (χ3v) is 2.91. The van der Waals surface area contributed by atoms with Gasteiger partial charge in [0.05, 0.1) is 11.9 Å². The van der Waals surface area contributed by atoms with Crippen LogP contribution in [0, 0.1) is 0 Å². The molecule has 0 fully saturated rings. The number of nitrogen functional groups attached to an aromatic ring is 1. The minimum atomic E-state index is -0.749. The van der Waals surface area contributed by atoms with Gasteiger partial charge in [-0.25, -0.2) is 0 Å². The maximum atomic E-state index is 10.0. The van der Waals surface area contributed by atoms with Crippen molar-refractivity contribution in [1.29, 1.82) is 0 Å². The smallest absolute Gasteiger partial charge is 0.109 e. The molecule has 15 heavy (non-hydrogen) atoms. The van der Waals surface area contributed by atoms with Gasteiger partial charge in [0.2, 0.25) is 0 Å². The summed E-state index contributed by atoms with van der Waals surface area (Å²) in [6.45, 7) is 0. The highest BCUT2D eigenvalue weighted by atomic mass is 79.9. The summed E-state index contributed by atoms with van der Waals surface area (Å²) in [6.07, 6.45) is 2.47. The summed E-state index contributed by atoms with van der Waals surface area (Å²) < 4.78 is 0.780. The highest BCUT2D eigenvalue weighted by Crippen LogP contribution is 2.30. The van der Waals surface area contributed by atoms with Crippen LogP contribution in [0.1, 0.15) is 17.2 Å². The topological polar surface area (TPSA) is 74.9 Å². The molecule has 78 valence electrons. The first-order valence-corrected chi connectivity index (χ1v) is 5.20. The number of para-hydroxylation sites is 1. The quantitative estimate of drug-likeness (QED) is 0.727. The van der Waals surface area contributed by atoms with E-state index >= 15 is 0 Å². The molecule has 1 aromatic heterocycles. The molecule has 4 N–H and O–H groups in total. The molecule has 0 saturated heterocycles. The Balaban J connectivity index is 2.42. The number of hydrogen-bond acceptors (Lipinski definition) is 3. The number of nitrogens with one attached hydrogen (secondary N) is 1. The number of H-pyrrole nitrogens is 1. The van der Waals surface area contributed by atoms with Crippen LogP contribution in [0.15, 0.2) is 35.1 Å². The Hall–Kier alpha value is -1.33. The van der Waals surface area contributed by atoms with Crippen LogP contribution in [0.4, 0.5) is 5.69 Å². The lowest BCUT2D eigenvalue weighted by atomic mass is 10.0. The predicted molar refractivity (Wildman–Crippen MR) is 61.2 cm³/mol. The number of aromatic amines is 1. The number of anilines is 1. The van der Waals surface area contributed by atoms with Crippen LogP contribution in [-0.4, -0.2) is 15.3 Å². The van der Waals surface area contributed by atoms with E-state index in [1.807, 2.05) is 12.1 Å². The highest BCUT2D eigenvalue weighted by molar-refractivity contribution is 9.10. The lowest BCUT2D eigenvalue weighted by Crippen LogP contribution is -2.03. The van der Waals surface area contributed by atoms with E-state index in [1.165, 1.54) is 0 Å². The van der Waals surface area contributed by atoms with E-state index in [-0.39, 0.29) is 0 Å². The number of benzene rings is 1. The first-order chi connectivity index (χ1) is 7.20. The number of aromatic nitrogens is 2. The second-order valence-electron chi connectivity index (χ2n) is 3.18. The van der Waals surface area contributed by atoms with E-state index < -0.39 is 6.10 Å². The molecule has 1 atom stereocenters. The number of halogens is 1. The zero-order chi connectivity index (χ0) is 10.8. The largest absolute Gasteiger partial charge is 0.398 e. The Kier molecular flexibility index (Phi) is 2.75. The molecule has 2 rings (SSSR count). The molecule has 0 aliphatic rings. The van der Waals surface area contributed by atoms with Crippen molar-refractivity contribution in [3.8, 4) is 0 Å². The van der Waals surface area contributed by atoms with Gasteiger partial charge < -0.3 is 10.8 Å². The minimum Gasteiger partial charge on any atom is -0.398 e. The number of hydrogen-bond donors (Lipinski definition) is 3. The van der Waals surface area contributed by atoms with Crippen LogP contribution in [-0.2, 0) is 0 Å². The fourth-order valence-corrected chi connectivity index (χ4v) is 1.76. The van der Waals surface area contributed by atoms with Crippen molar-refractivity contribution in [2.24, 2.45) is 0 Å². The Morgan fingerprint density at radius 3 is 2.93 bits per heavy atom. The fourth-order valence-electron chi connectivity index (χ4n) is 1.38. The monoisotopic (exact) mass is 267 g/mol. The van der Waals surface area contributed by atoms with Gasteiger partial charge in [-0.1, -0.05) is 12.1 Å². The van der Waals surface area contributed by atoms with Crippen molar-refractivity contribution in [1.82, 2.24) is 10.2 Å². The zero-order valence-corrected chi connectivity index (χ0v) is 9.40. The van der Waals surface area contributed by atoms with Crippen LogP contribution in [0.5, 0.6) is 0 Å². The average Bonchev–Trinajstić information content (AvgIpc) is 2.74. The predicted octanol–water partition coefficient (Wildman–Crippen LogP) is 1.84. The van der Waals surface area contributed by atoms with E-state index in [0.717, 1.165) is 4.47 Å². The maximum absolute atomic E-state index is 10.0. The number of nitrogens with two attached hydrogens (primary N) is 1. The first-order valence-electron chi connectivity index (χ1n) is 4.41. The van der Waals surface area contributed by atoms with E-state index in [2.05, 4.69) is 26.1 Å². The summed E-state index contributed by atoms with van der Waals surface area (Å²) in [5.41, 5.74) is 7.77. The average molecular weight is 268 g/mol. The van der Waals surface area contributed by atoms with Gasteiger partial charge in [0, 0.05) is 21.8 Å².